The Labute approximate surface area is 302 Å². The summed E-state index contributed by atoms with van der Waals surface area (Å²) in [5.41, 5.74) is 14.1. The van der Waals surface area contributed by atoms with Gasteiger partial charge in [0, 0.05) is 27.3 Å². The highest BCUT2D eigenvalue weighted by atomic mass is 16.3. The van der Waals surface area contributed by atoms with Gasteiger partial charge in [0.05, 0.1) is 5.56 Å². The van der Waals surface area contributed by atoms with Gasteiger partial charge in [-0.1, -0.05) is 166 Å². The van der Waals surface area contributed by atoms with E-state index in [1.54, 1.807) is 0 Å². The molecule has 246 valence electrons. The van der Waals surface area contributed by atoms with Crippen molar-refractivity contribution < 1.29 is 4.42 Å². The van der Waals surface area contributed by atoms with Gasteiger partial charge < -0.3 is 4.42 Å². The van der Waals surface area contributed by atoms with E-state index in [1.807, 2.05) is 42.5 Å². The maximum atomic E-state index is 6.46. The SMILES string of the molecule is CC1(C)c2ccccc2-c2cccc(-c3ccc(-c4nc(-c5ccccc5-c5ccccc5)nc(-c5cccc6c5oc5ccccc56)n4)cc3)c21. The molecule has 7 aromatic carbocycles. The van der Waals surface area contributed by atoms with Gasteiger partial charge in [0.25, 0.3) is 0 Å². The lowest BCUT2D eigenvalue weighted by molar-refractivity contribution is 0.662. The van der Waals surface area contributed by atoms with Crippen LogP contribution in [-0.2, 0) is 5.41 Å². The molecule has 2 heterocycles. The monoisotopic (exact) mass is 667 g/mol. The van der Waals surface area contributed by atoms with Gasteiger partial charge in [-0.2, -0.15) is 0 Å². The Morgan fingerprint density at radius 2 is 0.923 bits per heavy atom. The topological polar surface area (TPSA) is 51.8 Å². The molecule has 1 aliphatic carbocycles. The first-order valence-corrected chi connectivity index (χ1v) is 17.7. The first-order chi connectivity index (χ1) is 25.5. The quantitative estimate of drug-likeness (QED) is 0.183. The third-order valence-electron chi connectivity index (χ3n) is 10.6. The summed E-state index contributed by atoms with van der Waals surface area (Å²) in [5, 5.41) is 2.10. The number of hydrogen-bond donors (Lipinski definition) is 0. The number of nitrogens with zero attached hydrogens (tertiary/aromatic N) is 3. The zero-order chi connectivity index (χ0) is 34.8. The Hall–Kier alpha value is -6.65. The first-order valence-electron chi connectivity index (χ1n) is 17.7. The normalized spacial score (nSPS) is 13.0. The second-order valence-corrected chi connectivity index (χ2v) is 14.0. The lowest BCUT2D eigenvalue weighted by Gasteiger charge is -2.24. The second-order valence-electron chi connectivity index (χ2n) is 14.0. The minimum atomic E-state index is -0.108. The highest BCUT2D eigenvalue weighted by Crippen LogP contribution is 2.52. The molecule has 0 bridgehead atoms. The smallest absolute Gasteiger partial charge is 0.167 e. The largest absolute Gasteiger partial charge is 0.455 e. The van der Waals surface area contributed by atoms with Crippen LogP contribution in [0.1, 0.15) is 25.0 Å². The number of para-hydroxylation sites is 2. The Morgan fingerprint density at radius 1 is 0.385 bits per heavy atom. The Morgan fingerprint density at radius 3 is 1.75 bits per heavy atom. The summed E-state index contributed by atoms with van der Waals surface area (Å²) in [6.07, 6.45) is 0. The maximum absolute atomic E-state index is 6.46. The van der Waals surface area contributed by atoms with Gasteiger partial charge in [-0.25, -0.2) is 15.0 Å². The molecule has 0 radical (unpaired) electrons. The standard InChI is InChI=1S/C48H33N3O/c1-48(2)41-24-10-8-17-35(41)37-21-12-20-34(43(37)48)31-26-28-32(29-27-31)45-49-46(39-19-7-6-16-33(39)30-14-4-3-5-15-30)51-47(50-45)40-23-13-22-38-36-18-9-11-25-42(36)52-44(38)40/h3-29H,1-2H3. The van der Waals surface area contributed by atoms with E-state index in [-0.39, 0.29) is 5.41 Å². The fourth-order valence-electron chi connectivity index (χ4n) is 8.10. The van der Waals surface area contributed by atoms with E-state index in [2.05, 4.69) is 135 Å². The molecule has 9 aromatic rings. The van der Waals surface area contributed by atoms with E-state index in [1.165, 1.54) is 27.8 Å². The zero-order valence-electron chi connectivity index (χ0n) is 28.8. The lowest BCUT2D eigenvalue weighted by atomic mass is 9.79. The van der Waals surface area contributed by atoms with E-state index in [0.717, 1.165) is 55.3 Å². The minimum Gasteiger partial charge on any atom is -0.455 e. The number of furan rings is 1. The van der Waals surface area contributed by atoms with Gasteiger partial charge in [0.1, 0.15) is 11.2 Å². The van der Waals surface area contributed by atoms with E-state index >= 15 is 0 Å². The van der Waals surface area contributed by atoms with E-state index < -0.39 is 0 Å². The van der Waals surface area contributed by atoms with Crippen molar-refractivity contribution in [2.45, 2.75) is 19.3 Å². The van der Waals surface area contributed by atoms with Gasteiger partial charge in [-0.3, -0.25) is 0 Å². The van der Waals surface area contributed by atoms with E-state index in [0.29, 0.717) is 17.5 Å². The average molecular weight is 668 g/mol. The van der Waals surface area contributed by atoms with Crippen LogP contribution >= 0.6 is 0 Å². The van der Waals surface area contributed by atoms with Gasteiger partial charge in [-0.15, -0.1) is 0 Å². The van der Waals surface area contributed by atoms with Crippen LogP contribution in [0.2, 0.25) is 0 Å². The highest BCUT2D eigenvalue weighted by Gasteiger charge is 2.37. The molecule has 4 nitrogen and oxygen atoms in total. The third-order valence-corrected chi connectivity index (χ3v) is 10.6. The van der Waals surface area contributed by atoms with Crippen molar-refractivity contribution in [1.29, 1.82) is 0 Å². The summed E-state index contributed by atoms with van der Waals surface area (Å²) in [6.45, 7) is 4.67. The van der Waals surface area contributed by atoms with E-state index in [9.17, 15) is 0 Å². The van der Waals surface area contributed by atoms with Crippen molar-refractivity contribution in [3.63, 3.8) is 0 Å². The van der Waals surface area contributed by atoms with Crippen LogP contribution in [0.4, 0.5) is 0 Å². The number of rotatable bonds is 5. The minimum absolute atomic E-state index is 0.108. The molecular weight excluding hydrogens is 635 g/mol. The van der Waals surface area contributed by atoms with Crippen molar-refractivity contribution in [3.05, 3.63) is 175 Å². The van der Waals surface area contributed by atoms with Gasteiger partial charge in [-0.05, 0) is 56.6 Å². The average Bonchev–Trinajstić information content (AvgIpc) is 3.70. The molecule has 0 aliphatic heterocycles. The molecule has 52 heavy (non-hydrogen) atoms. The fraction of sp³-hybridized carbons (Fsp3) is 0.0625. The highest BCUT2D eigenvalue weighted by molar-refractivity contribution is 6.09. The summed E-state index contributed by atoms with van der Waals surface area (Å²) in [7, 11) is 0. The molecule has 0 fully saturated rings. The van der Waals surface area contributed by atoms with Crippen LogP contribution in [0.3, 0.4) is 0 Å². The molecule has 0 spiro atoms. The molecule has 4 heteroatoms. The van der Waals surface area contributed by atoms with Crippen LogP contribution in [0.25, 0.3) is 89.5 Å². The molecule has 0 N–H and O–H groups in total. The summed E-state index contributed by atoms with van der Waals surface area (Å²) in [4.78, 5) is 15.5. The van der Waals surface area contributed by atoms with E-state index in [4.69, 9.17) is 19.4 Å². The van der Waals surface area contributed by atoms with Crippen molar-refractivity contribution in [1.82, 2.24) is 15.0 Å². The van der Waals surface area contributed by atoms with Gasteiger partial charge in [0.2, 0.25) is 0 Å². The molecular formula is C48H33N3O. The number of benzene rings is 7. The van der Waals surface area contributed by atoms with Crippen molar-refractivity contribution >= 4 is 21.9 Å². The van der Waals surface area contributed by atoms with Crippen LogP contribution in [0.15, 0.2) is 168 Å². The van der Waals surface area contributed by atoms with Crippen LogP contribution < -0.4 is 0 Å². The van der Waals surface area contributed by atoms with Crippen LogP contribution in [0.5, 0.6) is 0 Å². The van der Waals surface area contributed by atoms with Crippen LogP contribution in [0, 0.1) is 0 Å². The lowest BCUT2D eigenvalue weighted by Crippen LogP contribution is -2.16. The molecule has 1 aliphatic rings. The summed E-state index contributed by atoms with van der Waals surface area (Å²) < 4.78 is 6.46. The maximum Gasteiger partial charge on any atom is 0.167 e. The predicted octanol–water partition coefficient (Wildman–Crippen LogP) is 12.4. The molecule has 0 saturated carbocycles. The zero-order valence-corrected chi connectivity index (χ0v) is 28.8. The number of hydrogen-bond acceptors (Lipinski definition) is 4. The molecule has 2 aromatic heterocycles. The summed E-state index contributed by atoms with van der Waals surface area (Å²) >= 11 is 0. The predicted molar refractivity (Wildman–Crippen MR) is 212 cm³/mol. The number of fused-ring (bicyclic) bond motifs is 6. The van der Waals surface area contributed by atoms with Crippen molar-refractivity contribution in [2.24, 2.45) is 0 Å². The Kier molecular flexibility index (Phi) is 6.80. The molecule has 0 unspecified atom stereocenters. The summed E-state index contributed by atoms with van der Waals surface area (Å²) in [5.74, 6) is 1.78. The molecule has 0 atom stereocenters. The molecule has 0 amide bonds. The number of aromatic nitrogens is 3. The van der Waals surface area contributed by atoms with Crippen LogP contribution in [-0.4, -0.2) is 15.0 Å². The van der Waals surface area contributed by atoms with Crippen molar-refractivity contribution in [3.8, 4) is 67.5 Å². The first kappa shape index (κ1) is 30.2. The fourth-order valence-corrected chi connectivity index (χ4v) is 8.10. The van der Waals surface area contributed by atoms with Crippen molar-refractivity contribution in [2.75, 3.05) is 0 Å². The molecule has 10 rings (SSSR count). The summed E-state index contributed by atoms with van der Waals surface area (Å²) in [6, 6.07) is 57.1. The molecule has 0 saturated heterocycles. The van der Waals surface area contributed by atoms with Gasteiger partial charge >= 0.3 is 0 Å². The van der Waals surface area contributed by atoms with Gasteiger partial charge in [0.15, 0.2) is 17.5 Å². The Bertz CT molecular complexity index is 2810. The second kappa shape index (κ2) is 11.7. The Balaban J connectivity index is 1.14. The third kappa shape index (κ3) is 4.72.